The van der Waals surface area contributed by atoms with E-state index in [0.29, 0.717) is 23.7 Å². The molecule has 1 aliphatic heterocycles. The van der Waals surface area contributed by atoms with Crippen molar-refractivity contribution >= 4 is 35.1 Å². The van der Waals surface area contributed by atoms with Crippen LogP contribution < -0.4 is 10.6 Å². The zero-order valence-corrected chi connectivity index (χ0v) is 16.7. The molecule has 7 nitrogen and oxygen atoms in total. The van der Waals surface area contributed by atoms with Gasteiger partial charge < -0.3 is 14.8 Å². The van der Waals surface area contributed by atoms with Gasteiger partial charge in [-0.25, -0.2) is 14.6 Å². The van der Waals surface area contributed by atoms with E-state index in [1.54, 1.807) is 37.3 Å². The largest absolute Gasteiger partial charge is 0.462 e. The molecule has 1 aliphatic rings. The Hall–Kier alpha value is -2.64. The number of pyridine rings is 1. The molecule has 0 fully saturated rings. The maximum atomic E-state index is 12.4. The van der Waals surface area contributed by atoms with Crippen LogP contribution in [0, 0.1) is 0 Å². The van der Waals surface area contributed by atoms with Crippen LogP contribution in [0.5, 0.6) is 0 Å². The second kappa shape index (κ2) is 8.16. The average molecular weight is 404 g/mol. The number of ether oxygens (including phenoxy) is 2. The summed E-state index contributed by atoms with van der Waals surface area (Å²) >= 11 is 5.94. The van der Waals surface area contributed by atoms with Crippen LogP contribution in [-0.2, 0) is 22.5 Å². The van der Waals surface area contributed by atoms with Gasteiger partial charge in [-0.2, -0.15) is 0 Å². The molecule has 2 aromatic rings. The number of esters is 1. The first-order chi connectivity index (χ1) is 13.3. The molecular weight excluding hydrogens is 382 g/mol. The summed E-state index contributed by atoms with van der Waals surface area (Å²) in [6.07, 6.45) is 0.566. The summed E-state index contributed by atoms with van der Waals surface area (Å²) in [5.74, 6) is -0.407. The predicted molar refractivity (Wildman–Crippen MR) is 107 cm³/mol. The zero-order chi connectivity index (χ0) is 20.3. The van der Waals surface area contributed by atoms with Gasteiger partial charge in [-0.3, -0.25) is 5.32 Å². The second-order valence-corrected chi connectivity index (χ2v) is 7.46. The molecule has 28 heavy (non-hydrogen) atoms. The molecule has 0 bridgehead atoms. The minimum atomic E-state index is -0.555. The fraction of sp³-hybridized carbons (Fsp3) is 0.350. The molecule has 3 rings (SSSR count). The third-order valence-electron chi connectivity index (χ3n) is 4.21. The van der Waals surface area contributed by atoms with Crippen LogP contribution in [-0.4, -0.2) is 29.2 Å². The first-order valence-corrected chi connectivity index (χ1v) is 9.32. The fourth-order valence-electron chi connectivity index (χ4n) is 2.89. The van der Waals surface area contributed by atoms with Crippen LogP contribution in [0.25, 0.3) is 0 Å². The molecule has 0 spiro atoms. The molecule has 148 valence electrons. The van der Waals surface area contributed by atoms with E-state index in [-0.39, 0.29) is 23.6 Å². The zero-order valence-electron chi connectivity index (χ0n) is 16.0. The molecule has 0 unspecified atom stereocenters. The second-order valence-electron chi connectivity index (χ2n) is 7.03. The molecule has 0 atom stereocenters. The predicted octanol–water partition coefficient (Wildman–Crippen LogP) is 4.41. The monoisotopic (exact) mass is 403 g/mol. The number of hydrogen-bond acceptors (Lipinski definition) is 5. The number of anilines is 2. The highest BCUT2D eigenvalue weighted by molar-refractivity contribution is 6.30. The Morgan fingerprint density at radius 1 is 1.29 bits per heavy atom. The van der Waals surface area contributed by atoms with Crippen molar-refractivity contribution in [3.8, 4) is 0 Å². The molecule has 0 saturated carbocycles. The Balaban J connectivity index is 1.88. The third kappa shape index (κ3) is 4.79. The number of carbonyl (C=O) groups excluding carboxylic acids is 2. The Kier molecular flexibility index (Phi) is 5.86. The number of aromatic nitrogens is 1. The molecule has 8 heteroatoms. The minimum Gasteiger partial charge on any atom is -0.462 e. The first-order valence-electron chi connectivity index (χ1n) is 8.95. The number of hydrogen-bond donors (Lipinski definition) is 2. The van der Waals surface area contributed by atoms with Crippen LogP contribution in [0.3, 0.4) is 0 Å². The molecular formula is C20H22ClN3O4. The lowest BCUT2D eigenvalue weighted by atomic mass is 9.95. The molecule has 1 aromatic carbocycles. The fourth-order valence-corrected chi connectivity index (χ4v) is 3.08. The van der Waals surface area contributed by atoms with Gasteiger partial charge in [0, 0.05) is 22.7 Å². The lowest BCUT2D eigenvalue weighted by Crippen LogP contribution is -2.33. The van der Waals surface area contributed by atoms with E-state index in [4.69, 9.17) is 21.1 Å². The van der Waals surface area contributed by atoms with E-state index >= 15 is 0 Å². The number of carbonyl (C=O) groups is 2. The Labute approximate surface area is 168 Å². The molecule has 2 heterocycles. The van der Waals surface area contributed by atoms with Gasteiger partial charge in [-0.05, 0) is 45.0 Å². The smallest absolute Gasteiger partial charge is 0.341 e. The highest BCUT2D eigenvalue weighted by atomic mass is 35.5. The van der Waals surface area contributed by atoms with E-state index in [0.717, 1.165) is 11.3 Å². The van der Waals surface area contributed by atoms with E-state index < -0.39 is 12.0 Å². The van der Waals surface area contributed by atoms with Crippen molar-refractivity contribution in [1.29, 1.82) is 0 Å². The van der Waals surface area contributed by atoms with Gasteiger partial charge in [0.25, 0.3) is 0 Å². The minimum absolute atomic E-state index is 0.148. The van der Waals surface area contributed by atoms with E-state index in [9.17, 15) is 9.59 Å². The van der Waals surface area contributed by atoms with Crippen LogP contribution in [0.15, 0.2) is 30.3 Å². The highest BCUT2D eigenvalue weighted by Crippen LogP contribution is 2.30. The SMILES string of the molecule is CCOC(=O)c1cc2c(nc1NC(=O)Nc1cccc(Cl)c1)CC(C)(C)OC2. The Bertz CT molecular complexity index is 914. The summed E-state index contributed by atoms with van der Waals surface area (Å²) in [5.41, 5.74) is 1.93. The van der Waals surface area contributed by atoms with Crippen LogP contribution >= 0.6 is 11.6 Å². The van der Waals surface area contributed by atoms with Crippen LogP contribution in [0.4, 0.5) is 16.3 Å². The number of nitrogens with one attached hydrogen (secondary N) is 2. The quantitative estimate of drug-likeness (QED) is 0.738. The summed E-state index contributed by atoms with van der Waals surface area (Å²) in [5, 5.41) is 5.82. The van der Waals surface area contributed by atoms with Crippen LogP contribution in [0.1, 0.15) is 42.4 Å². The van der Waals surface area contributed by atoms with Gasteiger partial charge in [0.05, 0.1) is 24.5 Å². The normalized spacial score (nSPS) is 14.7. The van der Waals surface area contributed by atoms with Crippen molar-refractivity contribution in [3.63, 3.8) is 0 Å². The lowest BCUT2D eigenvalue weighted by molar-refractivity contribution is -0.0412. The molecule has 2 amide bonds. The molecule has 0 radical (unpaired) electrons. The number of nitrogens with zero attached hydrogens (tertiary/aromatic N) is 1. The summed E-state index contributed by atoms with van der Waals surface area (Å²) in [6, 6.07) is 7.89. The standard InChI is InChI=1S/C20H22ClN3O4/c1-4-27-18(25)15-8-12-11-28-20(2,3)10-16(12)23-17(15)24-19(26)22-14-7-5-6-13(21)9-14/h5-9H,4,10-11H2,1-3H3,(H2,22,23,24,26). The van der Waals surface area contributed by atoms with Crippen molar-refractivity contribution in [3.05, 3.63) is 52.2 Å². The van der Waals surface area contributed by atoms with E-state index in [2.05, 4.69) is 15.6 Å². The van der Waals surface area contributed by atoms with E-state index in [1.165, 1.54) is 0 Å². The summed E-state index contributed by atoms with van der Waals surface area (Å²) in [4.78, 5) is 29.3. The number of urea groups is 1. The highest BCUT2D eigenvalue weighted by Gasteiger charge is 2.29. The maximum absolute atomic E-state index is 12.4. The lowest BCUT2D eigenvalue weighted by Gasteiger charge is -2.31. The molecule has 1 aromatic heterocycles. The summed E-state index contributed by atoms with van der Waals surface area (Å²) < 4.78 is 10.9. The van der Waals surface area contributed by atoms with Crippen molar-refractivity contribution in [2.24, 2.45) is 0 Å². The number of rotatable bonds is 4. The summed E-state index contributed by atoms with van der Waals surface area (Å²) in [7, 11) is 0. The number of fused-ring (bicyclic) bond motifs is 1. The number of halogens is 1. The molecule has 0 saturated heterocycles. The third-order valence-corrected chi connectivity index (χ3v) is 4.45. The average Bonchev–Trinajstić information content (AvgIpc) is 2.60. The van der Waals surface area contributed by atoms with Gasteiger partial charge in [0.1, 0.15) is 11.4 Å². The molecule has 0 aliphatic carbocycles. The van der Waals surface area contributed by atoms with Gasteiger partial charge in [0.2, 0.25) is 0 Å². The number of benzene rings is 1. The van der Waals surface area contributed by atoms with Gasteiger partial charge in [-0.1, -0.05) is 17.7 Å². The maximum Gasteiger partial charge on any atom is 0.341 e. The van der Waals surface area contributed by atoms with Gasteiger partial charge in [0.15, 0.2) is 0 Å². The van der Waals surface area contributed by atoms with Crippen LogP contribution in [0.2, 0.25) is 5.02 Å². The molecule has 2 N–H and O–H groups in total. The van der Waals surface area contributed by atoms with E-state index in [1.807, 2.05) is 13.8 Å². The topological polar surface area (TPSA) is 89.5 Å². The Morgan fingerprint density at radius 3 is 2.79 bits per heavy atom. The summed E-state index contributed by atoms with van der Waals surface area (Å²) in [6.45, 7) is 6.21. The van der Waals surface area contributed by atoms with Crippen molar-refractivity contribution < 1.29 is 19.1 Å². The van der Waals surface area contributed by atoms with Gasteiger partial charge >= 0.3 is 12.0 Å². The Morgan fingerprint density at radius 2 is 2.07 bits per heavy atom. The van der Waals surface area contributed by atoms with Crippen molar-refractivity contribution in [2.45, 2.75) is 39.4 Å². The van der Waals surface area contributed by atoms with Crippen molar-refractivity contribution in [1.82, 2.24) is 4.98 Å². The first kappa shape index (κ1) is 20.1. The number of amides is 2. The van der Waals surface area contributed by atoms with Crippen molar-refractivity contribution in [2.75, 3.05) is 17.2 Å². The van der Waals surface area contributed by atoms with Gasteiger partial charge in [-0.15, -0.1) is 0 Å².